The zero-order chi connectivity index (χ0) is 13.3. The summed E-state index contributed by atoms with van der Waals surface area (Å²) >= 11 is 0. The second-order valence-electron chi connectivity index (χ2n) is 3.98. The molecular formula is C10H10F3N3O2. The number of benzene rings is 1. The van der Waals surface area contributed by atoms with Crippen LogP contribution < -0.4 is 10.6 Å². The molecule has 1 heterocycles. The molecule has 0 unspecified atom stereocenters. The number of nitro benzene ring substituents is 1. The molecule has 0 aromatic heterocycles. The van der Waals surface area contributed by atoms with Crippen molar-refractivity contribution in [2.75, 3.05) is 18.4 Å². The molecule has 0 spiro atoms. The SMILES string of the molecule is O=[N+]([O-])c1ccc(NC2CNC2)c(C(F)(F)F)c1. The molecule has 8 heteroatoms. The van der Waals surface area contributed by atoms with Gasteiger partial charge in [-0.25, -0.2) is 0 Å². The van der Waals surface area contributed by atoms with E-state index in [0.717, 1.165) is 12.1 Å². The Bertz CT molecular complexity index is 472. The van der Waals surface area contributed by atoms with E-state index in [1.165, 1.54) is 0 Å². The third-order valence-electron chi connectivity index (χ3n) is 2.66. The van der Waals surface area contributed by atoms with Crippen molar-refractivity contribution in [2.24, 2.45) is 0 Å². The van der Waals surface area contributed by atoms with Gasteiger partial charge < -0.3 is 10.6 Å². The summed E-state index contributed by atoms with van der Waals surface area (Å²) in [5, 5.41) is 16.1. The lowest BCUT2D eigenvalue weighted by atomic mass is 10.1. The molecule has 2 rings (SSSR count). The van der Waals surface area contributed by atoms with Gasteiger partial charge in [-0.3, -0.25) is 10.1 Å². The van der Waals surface area contributed by atoms with Gasteiger partial charge in [0.25, 0.3) is 5.69 Å². The molecule has 0 bridgehead atoms. The Morgan fingerprint density at radius 1 is 1.39 bits per heavy atom. The molecule has 1 saturated heterocycles. The molecule has 1 fully saturated rings. The highest BCUT2D eigenvalue weighted by molar-refractivity contribution is 5.58. The smallest absolute Gasteiger partial charge is 0.379 e. The van der Waals surface area contributed by atoms with Crippen LogP contribution in [0.2, 0.25) is 0 Å². The van der Waals surface area contributed by atoms with E-state index in [0.29, 0.717) is 19.2 Å². The van der Waals surface area contributed by atoms with E-state index in [1.807, 2.05) is 0 Å². The van der Waals surface area contributed by atoms with Crippen LogP contribution in [-0.2, 0) is 6.18 Å². The second kappa shape index (κ2) is 4.45. The third kappa shape index (κ3) is 2.53. The molecule has 0 saturated carbocycles. The predicted octanol–water partition coefficient (Wildman–Crippen LogP) is 2.00. The molecule has 5 nitrogen and oxygen atoms in total. The highest BCUT2D eigenvalue weighted by Crippen LogP contribution is 2.37. The Morgan fingerprint density at radius 2 is 2.06 bits per heavy atom. The van der Waals surface area contributed by atoms with Gasteiger partial charge in [0.2, 0.25) is 0 Å². The zero-order valence-electron chi connectivity index (χ0n) is 9.12. The molecule has 1 aliphatic rings. The lowest BCUT2D eigenvalue weighted by Gasteiger charge is -2.30. The summed E-state index contributed by atoms with van der Waals surface area (Å²) in [4.78, 5) is 9.65. The first-order valence-electron chi connectivity index (χ1n) is 5.21. The maximum Gasteiger partial charge on any atom is 0.418 e. The number of anilines is 1. The average molecular weight is 261 g/mol. The van der Waals surface area contributed by atoms with Crippen molar-refractivity contribution in [3.05, 3.63) is 33.9 Å². The number of non-ortho nitro benzene ring substituents is 1. The molecule has 18 heavy (non-hydrogen) atoms. The van der Waals surface area contributed by atoms with Crippen LogP contribution in [0.15, 0.2) is 18.2 Å². The van der Waals surface area contributed by atoms with Gasteiger partial charge in [0.05, 0.1) is 16.5 Å². The first-order valence-corrected chi connectivity index (χ1v) is 5.21. The van der Waals surface area contributed by atoms with Crippen LogP contribution in [0.3, 0.4) is 0 Å². The van der Waals surface area contributed by atoms with Crippen molar-refractivity contribution in [1.29, 1.82) is 0 Å². The fraction of sp³-hybridized carbons (Fsp3) is 0.400. The summed E-state index contributed by atoms with van der Waals surface area (Å²) in [5.41, 5.74) is -1.71. The van der Waals surface area contributed by atoms with Crippen LogP contribution in [0.4, 0.5) is 24.5 Å². The minimum atomic E-state index is -4.62. The van der Waals surface area contributed by atoms with E-state index in [9.17, 15) is 23.3 Å². The number of nitrogens with zero attached hydrogens (tertiary/aromatic N) is 1. The average Bonchev–Trinajstić information content (AvgIpc) is 2.22. The summed E-state index contributed by atoms with van der Waals surface area (Å²) in [7, 11) is 0. The molecule has 1 aromatic carbocycles. The number of nitro groups is 1. The Kier molecular flexibility index (Phi) is 3.12. The van der Waals surface area contributed by atoms with Crippen LogP contribution in [0.25, 0.3) is 0 Å². The largest absolute Gasteiger partial charge is 0.418 e. The molecule has 1 aromatic rings. The number of alkyl halides is 3. The summed E-state index contributed by atoms with van der Waals surface area (Å²) in [5.74, 6) is 0. The summed E-state index contributed by atoms with van der Waals surface area (Å²) in [6, 6.07) is 2.63. The first-order chi connectivity index (χ1) is 8.38. The van der Waals surface area contributed by atoms with Crippen LogP contribution in [0, 0.1) is 10.1 Å². The third-order valence-corrected chi connectivity index (χ3v) is 2.66. The second-order valence-corrected chi connectivity index (χ2v) is 3.98. The van der Waals surface area contributed by atoms with E-state index in [2.05, 4.69) is 10.6 Å². The highest BCUT2D eigenvalue weighted by Gasteiger charge is 2.36. The number of rotatable bonds is 3. The van der Waals surface area contributed by atoms with Crippen molar-refractivity contribution in [3.63, 3.8) is 0 Å². The van der Waals surface area contributed by atoms with Crippen molar-refractivity contribution in [3.8, 4) is 0 Å². The molecular weight excluding hydrogens is 251 g/mol. The van der Waals surface area contributed by atoms with Gasteiger partial charge in [-0.15, -0.1) is 0 Å². The Balaban J connectivity index is 2.34. The van der Waals surface area contributed by atoms with E-state index < -0.39 is 22.4 Å². The molecule has 2 N–H and O–H groups in total. The van der Waals surface area contributed by atoms with Gasteiger partial charge >= 0.3 is 6.18 Å². The van der Waals surface area contributed by atoms with Crippen LogP contribution >= 0.6 is 0 Å². The summed E-state index contributed by atoms with van der Waals surface area (Å²) < 4.78 is 38.4. The zero-order valence-corrected chi connectivity index (χ0v) is 9.12. The molecule has 98 valence electrons. The lowest BCUT2D eigenvalue weighted by Crippen LogP contribution is -2.51. The molecule has 1 aliphatic heterocycles. The normalized spacial score (nSPS) is 16.2. The highest BCUT2D eigenvalue weighted by atomic mass is 19.4. The van der Waals surface area contributed by atoms with E-state index in [4.69, 9.17) is 0 Å². The van der Waals surface area contributed by atoms with Crippen molar-refractivity contribution >= 4 is 11.4 Å². The Hall–Kier alpha value is -1.83. The summed E-state index contributed by atoms with van der Waals surface area (Å²) in [6.45, 7) is 1.16. The van der Waals surface area contributed by atoms with Crippen molar-refractivity contribution < 1.29 is 18.1 Å². The van der Waals surface area contributed by atoms with Gasteiger partial charge in [0.15, 0.2) is 0 Å². The minimum absolute atomic E-state index is 0.0763. The topological polar surface area (TPSA) is 67.2 Å². The number of hydrogen-bond acceptors (Lipinski definition) is 4. The van der Waals surface area contributed by atoms with Gasteiger partial charge in [-0.05, 0) is 6.07 Å². The monoisotopic (exact) mass is 261 g/mol. The van der Waals surface area contributed by atoms with Crippen molar-refractivity contribution in [2.45, 2.75) is 12.2 Å². The Morgan fingerprint density at radius 3 is 2.50 bits per heavy atom. The van der Waals surface area contributed by atoms with E-state index >= 15 is 0 Å². The number of hydrogen-bond donors (Lipinski definition) is 2. The first kappa shape index (κ1) is 12.6. The number of halogens is 3. The van der Waals surface area contributed by atoms with Gasteiger partial charge in [0.1, 0.15) is 0 Å². The quantitative estimate of drug-likeness (QED) is 0.645. The Labute approximate surface area is 100 Å². The predicted molar refractivity (Wildman–Crippen MR) is 58.4 cm³/mol. The maximum atomic E-state index is 12.8. The van der Waals surface area contributed by atoms with E-state index in [-0.39, 0.29) is 11.7 Å². The molecule has 0 amide bonds. The van der Waals surface area contributed by atoms with Crippen LogP contribution in [-0.4, -0.2) is 24.1 Å². The molecule has 0 aliphatic carbocycles. The standard InChI is InChI=1S/C10H10F3N3O2/c11-10(12,13)8-3-7(16(17)18)1-2-9(8)15-6-4-14-5-6/h1-3,6,14-15H,4-5H2. The van der Waals surface area contributed by atoms with Crippen LogP contribution in [0.1, 0.15) is 5.56 Å². The minimum Gasteiger partial charge on any atom is -0.379 e. The lowest BCUT2D eigenvalue weighted by molar-refractivity contribution is -0.385. The van der Waals surface area contributed by atoms with Crippen molar-refractivity contribution in [1.82, 2.24) is 5.32 Å². The fourth-order valence-corrected chi connectivity index (χ4v) is 1.62. The van der Waals surface area contributed by atoms with Gasteiger partial charge in [-0.1, -0.05) is 0 Å². The molecule has 0 atom stereocenters. The molecule has 0 radical (unpaired) electrons. The van der Waals surface area contributed by atoms with Gasteiger partial charge in [0, 0.05) is 30.9 Å². The maximum absolute atomic E-state index is 12.8. The number of nitrogens with one attached hydrogen (secondary N) is 2. The van der Waals surface area contributed by atoms with Gasteiger partial charge in [-0.2, -0.15) is 13.2 Å². The fourth-order valence-electron chi connectivity index (χ4n) is 1.62. The van der Waals surface area contributed by atoms with E-state index in [1.54, 1.807) is 0 Å². The van der Waals surface area contributed by atoms with Crippen LogP contribution in [0.5, 0.6) is 0 Å². The summed E-state index contributed by atoms with van der Waals surface area (Å²) in [6.07, 6.45) is -4.62.